The molecule has 0 saturated carbocycles. The van der Waals surface area contributed by atoms with Crippen molar-refractivity contribution >= 4 is 34.5 Å². The molecule has 0 saturated heterocycles. The molecule has 3 N–H and O–H groups in total. The largest absolute Gasteiger partial charge is 0.325 e. The van der Waals surface area contributed by atoms with Gasteiger partial charge in [0.15, 0.2) is 0 Å². The molecule has 1 aromatic carbocycles. The van der Waals surface area contributed by atoms with Crippen molar-refractivity contribution in [2.75, 3.05) is 11.9 Å². The van der Waals surface area contributed by atoms with E-state index >= 15 is 0 Å². The minimum Gasteiger partial charge on any atom is -0.325 e. The average molecular weight is 298 g/mol. The molecule has 0 aliphatic heterocycles. The third kappa shape index (κ3) is 4.51. The Hall–Kier alpha value is -1.63. The van der Waals surface area contributed by atoms with Crippen molar-refractivity contribution in [3.63, 3.8) is 0 Å². The second-order valence-corrected chi connectivity index (χ2v) is 5.11. The third-order valence-corrected chi connectivity index (χ3v) is 3.27. The van der Waals surface area contributed by atoms with Gasteiger partial charge in [0.2, 0.25) is 5.91 Å². The molecule has 0 aliphatic carbocycles. The van der Waals surface area contributed by atoms with Gasteiger partial charge in [0.1, 0.15) is 0 Å². The summed E-state index contributed by atoms with van der Waals surface area (Å²) in [5.41, 5.74) is 1.47. The van der Waals surface area contributed by atoms with Crippen LogP contribution < -0.4 is 15.5 Å². The van der Waals surface area contributed by atoms with E-state index in [0.29, 0.717) is 17.3 Å². The number of H-pyrrole nitrogens is 1. The van der Waals surface area contributed by atoms with E-state index in [4.69, 9.17) is 11.6 Å². The van der Waals surface area contributed by atoms with Crippen molar-refractivity contribution in [2.24, 2.45) is 0 Å². The summed E-state index contributed by atoms with van der Waals surface area (Å²) in [6.07, 6.45) is 0. The Morgan fingerprint density at radius 1 is 1.32 bits per heavy atom. The Balaban J connectivity index is 1.75. The predicted octanol–water partition coefficient (Wildman–Crippen LogP) is 1.82. The molecule has 0 bridgehead atoms. The fourth-order valence-corrected chi connectivity index (χ4v) is 2.16. The van der Waals surface area contributed by atoms with Crippen LogP contribution in [-0.2, 0) is 11.3 Å². The van der Waals surface area contributed by atoms with Crippen LogP contribution in [0.4, 0.5) is 5.69 Å². The lowest BCUT2D eigenvalue weighted by molar-refractivity contribution is -0.115. The number of carbonyl (C=O) groups excluding carboxylic acids is 1. The predicted molar refractivity (Wildman–Crippen MR) is 76.7 cm³/mol. The molecule has 1 amide bonds. The van der Waals surface area contributed by atoms with E-state index in [1.807, 2.05) is 0 Å². The molecular weight excluding hydrogens is 286 g/mol. The summed E-state index contributed by atoms with van der Waals surface area (Å²) in [5, 5.41) is 8.03. The number of nitrogens with one attached hydrogen (secondary N) is 3. The number of aromatic nitrogens is 1. The molecule has 0 aliphatic rings. The Morgan fingerprint density at radius 3 is 2.68 bits per heavy atom. The van der Waals surface area contributed by atoms with E-state index in [2.05, 4.69) is 15.6 Å². The SMILES string of the molecule is O=C(CNCc1csc(=O)[nH]1)Nc1ccc(Cl)cc1. The molecule has 0 radical (unpaired) electrons. The van der Waals surface area contributed by atoms with Crippen molar-refractivity contribution in [1.82, 2.24) is 10.3 Å². The fourth-order valence-electron chi connectivity index (χ4n) is 1.45. The van der Waals surface area contributed by atoms with Gasteiger partial charge in [0, 0.05) is 28.3 Å². The molecule has 0 fully saturated rings. The maximum Gasteiger partial charge on any atom is 0.304 e. The molecule has 100 valence electrons. The number of carbonyl (C=O) groups is 1. The summed E-state index contributed by atoms with van der Waals surface area (Å²) >= 11 is 6.85. The summed E-state index contributed by atoms with van der Waals surface area (Å²) in [6, 6.07) is 6.88. The van der Waals surface area contributed by atoms with E-state index in [0.717, 1.165) is 17.0 Å². The maximum absolute atomic E-state index is 11.6. The van der Waals surface area contributed by atoms with Crippen LogP contribution in [0.2, 0.25) is 5.02 Å². The number of thiazole rings is 1. The monoisotopic (exact) mass is 297 g/mol. The average Bonchev–Trinajstić information content (AvgIpc) is 2.78. The van der Waals surface area contributed by atoms with E-state index in [-0.39, 0.29) is 17.3 Å². The summed E-state index contributed by atoms with van der Waals surface area (Å²) in [5.74, 6) is -0.153. The summed E-state index contributed by atoms with van der Waals surface area (Å²) < 4.78 is 0. The van der Waals surface area contributed by atoms with Crippen molar-refractivity contribution in [3.8, 4) is 0 Å². The Kier molecular flexibility index (Phi) is 4.73. The number of hydrogen-bond acceptors (Lipinski definition) is 4. The maximum atomic E-state index is 11.6. The zero-order valence-electron chi connectivity index (χ0n) is 9.90. The minimum absolute atomic E-state index is 0.0950. The number of amides is 1. The highest BCUT2D eigenvalue weighted by Gasteiger charge is 2.02. The van der Waals surface area contributed by atoms with Gasteiger partial charge in [-0.05, 0) is 24.3 Å². The van der Waals surface area contributed by atoms with Gasteiger partial charge in [0.05, 0.1) is 6.54 Å². The first kappa shape index (κ1) is 13.8. The number of benzene rings is 1. The topological polar surface area (TPSA) is 74.0 Å². The summed E-state index contributed by atoms with van der Waals surface area (Å²) in [4.78, 5) is 25.1. The Morgan fingerprint density at radius 2 is 2.05 bits per heavy atom. The smallest absolute Gasteiger partial charge is 0.304 e. The van der Waals surface area contributed by atoms with Gasteiger partial charge in [-0.1, -0.05) is 22.9 Å². The summed E-state index contributed by atoms with van der Waals surface area (Å²) in [6.45, 7) is 0.618. The molecule has 1 heterocycles. The van der Waals surface area contributed by atoms with Crippen molar-refractivity contribution in [3.05, 3.63) is 50.0 Å². The molecule has 2 aromatic rings. The standard InChI is InChI=1S/C12H12ClN3O2S/c13-8-1-3-9(4-2-8)15-11(17)6-14-5-10-7-19-12(18)16-10/h1-4,7,14H,5-6H2,(H,15,17)(H,16,18). The fraction of sp³-hybridized carbons (Fsp3) is 0.167. The summed E-state index contributed by atoms with van der Waals surface area (Å²) in [7, 11) is 0. The number of aromatic amines is 1. The lowest BCUT2D eigenvalue weighted by Gasteiger charge is -2.06. The highest BCUT2D eigenvalue weighted by Crippen LogP contribution is 2.12. The molecule has 0 atom stereocenters. The highest BCUT2D eigenvalue weighted by atomic mass is 35.5. The first-order chi connectivity index (χ1) is 9.13. The second kappa shape index (κ2) is 6.51. The van der Waals surface area contributed by atoms with Gasteiger partial charge in [-0.25, -0.2) is 0 Å². The normalized spacial score (nSPS) is 10.4. The van der Waals surface area contributed by atoms with Crippen LogP contribution in [-0.4, -0.2) is 17.4 Å². The molecule has 2 rings (SSSR count). The van der Waals surface area contributed by atoms with Gasteiger partial charge < -0.3 is 15.6 Å². The van der Waals surface area contributed by atoms with E-state index in [9.17, 15) is 9.59 Å². The van der Waals surface area contributed by atoms with Gasteiger partial charge in [-0.3, -0.25) is 9.59 Å². The molecule has 19 heavy (non-hydrogen) atoms. The van der Waals surface area contributed by atoms with Crippen molar-refractivity contribution in [2.45, 2.75) is 6.54 Å². The van der Waals surface area contributed by atoms with Crippen LogP contribution in [0.25, 0.3) is 0 Å². The third-order valence-electron chi connectivity index (χ3n) is 2.30. The molecule has 7 heteroatoms. The van der Waals surface area contributed by atoms with E-state index in [1.54, 1.807) is 29.6 Å². The molecule has 0 unspecified atom stereocenters. The zero-order chi connectivity index (χ0) is 13.7. The Bertz CT molecular complexity index is 606. The number of halogens is 1. The van der Waals surface area contributed by atoms with Crippen LogP contribution in [0.3, 0.4) is 0 Å². The van der Waals surface area contributed by atoms with Crippen molar-refractivity contribution < 1.29 is 4.79 Å². The number of hydrogen-bond donors (Lipinski definition) is 3. The lowest BCUT2D eigenvalue weighted by atomic mass is 10.3. The first-order valence-corrected chi connectivity index (χ1v) is 6.82. The van der Waals surface area contributed by atoms with Crippen LogP contribution in [0.15, 0.2) is 34.4 Å². The van der Waals surface area contributed by atoms with Crippen LogP contribution in [0.1, 0.15) is 5.69 Å². The lowest BCUT2D eigenvalue weighted by Crippen LogP contribution is -2.27. The number of rotatable bonds is 5. The second-order valence-electron chi connectivity index (χ2n) is 3.83. The zero-order valence-corrected chi connectivity index (χ0v) is 11.5. The van der Waals surface area contributed by atoms with Crippen LogP contribution in [0.5, 0.6) is 0 Å². The minimum atomic E-state index is -0.153. The van der Waals surface area contributed by atoms with E-state index in [1.165, 1.54) is 0 Å². The van der Waals surface area contributed by atoms with Gasteiger partial charge in [0.25, 0.3) is 0 Å². The van der Waals surface area contributed by atoms with Gasteiger partial charge in [-0.2, -0.15) is 0 Å². The Labute approximate surface area is 118 Å². The van der Waals surface area contributed by atoms with Crippen LogP contribution >= 0.6 is 22.9 Å². The van der Waals surface area contributed by atoms with E-state index < -0.39 is 0 Å². The van der Waals surface area contributed by atoms with Gasteiger partial charge in [-0.15, -0.1) is 0 Å². The van der Waals surface area contributed by atoms with Gasteiger partial charge >= 0.3 is 4.87 Å². The highest BCUT2D eigenvalue weighted by molar-refractivity contribution is 7.07. The first-order valence-electron chi connectivity index (χ1n) is 5.56. The van der Waals surface area contributed by atoms with Crippen molar-refractivity contribution in [1.29, 1.82) is 0 Å². The molecular formula is C12H12ClN3O2S. The number of anilines is 1. The molecule has 1 aromatic heterocycles. The molecule has 5 nitrogen and oxygen atoms in total. The van der Waals surface area contributed by atoms with Crippen LogP contribution in [0, 0.1) is 0 Å². The quantitative estimate of drug-likeness (QED) is 0.788. The molecule has 0 spiro atoms.